The molecule has 0 aliphatic rings. The Balaban J connectivity index is 2.13. The molecule has 1 heterocycles. The zero-order chi connectivity index (χ0) is 15.7. The van der Waals surface area contributed by atoms with Gasteiger partial charge in [0.25, 0.3) is 5.91 Å². The maximum absolute atomic E-state index is 12.7. The van der Waals surface area contributed by atoms with Crippen LogP contribution in [0.3, 0.4) is 0 Å². The van der Waals surface area contributed by atoms with Crippen LogP contribution in [-0.2, 0) is 6.42 Å². The van der Waals surface area contributed by atoms with Crippen LogP contribution in [0.1, 0.15) is 26.4 Å². The molecule has 0 saturated heterocycles. The molecular formula is C18H16N2O2. The van der Waals surface area contributed by atoms with Crippen molar-refractivity contribution in [1.82, 2.24) is 4.57 Å². The third-order valence-electron chi connectivity index (χ3n) is 3.81. The minimum Gasteiger partial charge on any atom is -0.366 e. The monoisotopic (exact) mass is 292 g/mol. The Bertz CT molecular complexity index is 863. The minimum absolute atomic E-state index is 0.0765. The van der Waals surface area contributed by atoms with E-state index in [2.05, 4.69) is 0 Å². The number of benzene rings is 2. The van der Waals surface area contributed by atoms with Gasteiger partial charge in [-0.15, -0.1) is 0 Å². The van der Waals surface area contributed by atoms with Crippen molar-refractivity contribution < 1.29 is 9.59 Å². The van der Waals surface area contributed by atoms with Gasteiger partial charge in [-0.1, -0.05) is 48.5 Å². The normalized spacial score (nSPS) is 10.8. The van der Waals surface area contributed by atoms with E-state index in [1.54, 1.807) is 11.5 Å². The summed E-state index contributed by atoms with van der Waals surface area (Å²) in [6.07, 6.45) is 0.276. The lowest BCUT2D eigenvalue weighted by Gasteiger charge is -2.07. The van der Waals surface area contributed by atoms with Crippen molar-refractivity contribution in [2.75, 3.05) is 0 Å². The van der Waals surface area contributed by atoms with Crippen LogP contribution < -0.4 is 5.73 Å². The van der Waals surface area contributed by atoms with E-state index in [9.17, 15) is 9.59 Å². The van der Waals surface area contributed by atoms with Crippen LogP contribution in [0.25, 0.3) is 10.9 Å². The topological polar surface area (TPSA) is 65.1 Å². The molecule has 0 fully saturated rings. The van der Waals surface area contributed by atoms with Crippen LogP contribution in [-0.4, -0.2) is 16.4 Å². The zero-order valence-corrected chi connectivity index (χ0v) is 12.2. The molecule has 22 heavy (non-hydrogen) atoms. The molecule has 0 saturated carbocycles. The number of nitrogens with zero attached hydrogens (tertiary/aromatic N) is 1. The lowest BCUT2D eigenvalue weighted by Crippen LogP contribution is -2.17. The second-order valence-electron chi connectivity index (χ2n) is 5.23. The molecule has 0 bridgehead atoms. The second kappa shape index (κ2) is 5.48. The summed E-state index contributed by atoms with van der Waals surface area (Å²) in [6, 6.07) is 16.9. The molecule has 4 heteroatoms. The van der Waals surface area contributed by atoms with E-state index in [0.717, 1.165) is 11.1 Å². The maximum Gasteiger partial charge on any atom is 0.251 e. The van der Waals surface area contributed by atoms with E-state index in [4.69, 9.17) is 5.73 Å². The Kier molecular flexibility index (Phi) is 3.51. The summed E-state index contributed by atoms with van der Waals surface area (Å²) in [5, 5.41) is 0.717. The molecule has 3 rings (SSSR count). The van der Waals surface area contributed by atoms with Crippen molar-refractivity contribution in [2.24, 2.45) is 5.73 Å². The summed E-state index contributed by atoms with van der Waals surface area (Å²) in [5.41, 5.74) is 8.14. The number of nitrogens with two attached hydrogens (primary N) is 1. The highest BCUT2D eigenvalue weighted by Gasteiger charge is 2.21. The first kappa shape index (κ1) is 14.1. The maximum atomic E-state index is 12.7. The largest absolute Gasteiger partial charge is 0.366 e. The average Bonchev–Trinajstić information content (AvgIpc) is 2.80. The van der Waals surface area contributed by atoms with Gasteiger partial charge in [0.05, 0.1) is 17.5 Å². The van der Waals surface area contributed by atoms with Gasteiger partial charge in [-0.25, -0.2) is 0 Å². The van der Waals surface area contributed by atoms with E-state index in [0.29, 0.717) is 16.6 Å². The first-order valence-electron chi connectivity index (χ1n) is 7.06. The number of primary amides is 1. The molecule has 0 spiro atoms. The van der Waals surface area contributed by atoms with Gasteiger partial charge < -0.3 is 5.73 Å². The predicted molar refractivity (Wildman–Crippen MR) is 86.0 cm³/mol. The number of carbonyl (C=O) groups is 2. The van der Waals surface area contributed by atoms with E-state index in [1.807, 2.05) is 54.6 Å². The Morgan fingerprint density at radius 3 is 2.32 bits per heavy atom. The summed E-state index contributed by atoms with van der Waals surface area (Å²) in [7, 11) is 0. The van der Waals surface area contributed by atoms with Crippen LogP contribution in [0.15, 0.2) is 54.6 Å². The van der Waals surface area contributed by atoms with Crippen molar-refractivity contribution >= 4 is 22.7 Å². The first-order valence-corrected chi connectivity index (χ1v) is 7.06. The second-order valence-corrected chi connectivity index (χ2v) is 5.23. The Morgan fingerprint density at radius 2 is 1.64 bits per heavy atom. The van der Waals surface area contributed by atoms with Crippen LogP contribution in [0.5, 0.6) is 0 Å². The van der Waals surface area contributed by atoms with Gasteiger partial charge in [-0.05, 0) is 18.6 Å². The molecule has 1 aromatic heterocycles. The number of carbonyl (C=O) groups excluding carboxylic acids is 2. The number of rotatable bonds is 3. The average molecular weight is 292 g/mol. The Labute approximate surface area is 128 Å². The van der Waals surface area contributed by atoms with Crippen molar-refractivity contribution in [3.8, 4) is 0 Å². The van der Waals surface area contributed by atoms with Crippen molar-refractivity contribution in [1.29, 1.82) is 0 Å². The fraction of sp³-hybridized carbons (Fsp3) is 0.111. The van der Waals surface area contributed by atoms with E-state index >= 15 is 0 Å². The van der Waals surface area contributed by atoms with Gasteiger partial charge >= 0.3 is 0 Å². The standard InChI is InChI=1S/C18H16N2O2/c1-12-17(18(19)22)14-9-5-6-10-15(14)20(12)16(21)11-13-7-3-2-4-8-13/h2-10H,11H2,1H3,(H2,19,22). The molecule has 3 aromatic rings. The number of amides is 1. The Hall–Kier alpha value is -2.88. The van der Waals surface area contributed by atoms with E-state index in [1.165, 1.54) is 0 Å². The minimum atomic E-state index is -0.514. The highest BCUT2D eigenvalue weighted by Crippen LogP contribution is 2.25. The molecule has 0 aliphatic carbocycles. The summed E-state index contributed by atoms with van der Waals surface area (Å²) < 4.78 is 1.59. The smallest absolute Gasteiger partial charge is 0.251 e. The summed E-state index contributed by atoms with van der Waals surface area (Å²) in [6.45, 7) is 1.75. The summed E-state index contributed by atoms with van der Waals surface area (Å²) in [4.78, 5) is 24.4. The molecule has 0 atom stereocenters. The van der Waals surface area contributed by atoms with Crippen LogP contribution >= 0.6 is 0 Å². The quantitative estimate of drug-likeness (QED) is 0.806. The van der Waals surface area contributed by atoms with Crippen LogP contribution in [0, 0.1) is 6.92 Å². The van der Waals surface area contributed by atoms with Gasteiger partial charge in [-0.3, -0.25) is 14.2 Å². The lowest BCUT2D eigenvalue weighted by molar-refractivity contribution is 0.0917. The SMILES string of the molecule is Cc1c(C(N)=O)c2ccccc2n1C(=O)Cc1ccccc1. The van der Waals surface area contributed by atoms with Crippen LogP contribution in [0.2, 0.25) is 0 Å². The highest BCUT2D eigenvalue weighted by molar-refractivity contribution is 6.10. The number of hydrogen-bond acceptors (Lipinski definition) is 2. The Morgan fingerprint density at radius 1 is 1.00 bits per heavy atom. The predicted octanol–water partition coefficient (Wildman–Crippen LogP) is 2.93. The van der Waals surface area contributed by atoms with Gasteiger partial charge in [0.15, 0.2) is 0 Å². The fourth-order valence-corrected chi connectivity index (χ4v) is 2.85. The first-order chi connectivity index (χ1) is 10.6. The lowest BCUT2D eigenvalue weighted by atomic mass is 10.1. The molecule has 4 nitrogen and oxygen atoms in total. The molecule has 0 radical (unpaired) electrons. The van der Waals surface area contributed by atoms with Crippen molar-refractivity contribution in [2.45, 2.75) is 13.3 Å². The zero-order valence-electron chi connectivity index (χ0n) is 12.2. The third kappa shape index (κ3) is 2.29. The molecule has 1 amide bonds. The van der Waals surface area contributed by atoms with Crippen molar-refractivity contribution in [3.63, 3.8) is 0 Å². The van der Waals surface area contributed by atoms with Gasteiger partial charge in [0.1, 0.15) is 0 Å². The van der Waals surface area contributed by atoms with Crippen LogP contribution in [0.4, 0.5) is 0 Å². The molecule has 2 N–H and O–H groups in total. The number of para-hydroxylation sites is 1. The third-order valence-corrected chi connectivity index (χ3v) is 3.81. The molecule has 2 aromatic carbocycles. The molecule has 0 unspecified atom stereocenters. The molecular weight excluding hydrogens is 276 g/mol. The summed E-state index contributed by atoms with van der Waals surface area (Å²) >= 11 is 0. The fourth-order valence-electron chi connectivity index (χ4n) is 2.85. The number of aromatic nitrogens is 1. The number of fused-ring (bicyclic) bond motifs is 1. The molecule has 110 valence electrons. The van der Waals surface area contributed by atoms with Gasteiger partial charge in [0, 0.05) is 11.1 Å². The van der Waals surface area contributed by atoms with Gasteiger partial charge in [0.2, 0.25) is 5.91 Å². The van der Waals surface area contributed by atoms with E-state index < -0.39 is 5.91 Å². The van der Waals surface area contributed by atoms with Gasteiger partial charge in [-0.2, -0.15) is 0 Å². The number of hydrogen-bond donors (Lipinski definition) is 1. The highest BCUT2D eigenvalue weighted by atomic mass is 16.2. The van der Waals surface area contributed by atoms with E-state index in [-0.39, 0.29) is 12.3 Å². The summed E-state index contributed by atoms with van der Waals surface area (Å²) in [5.74, 6) is -0.590. The molecule has 0 aliphatic heterocycles. The van der Waals surface area contributed by atoms with Crippen molar-refractivity contribution in [3.05, 3.63) is 71.4 Å².